The van der Waals surface area contributed by atoms with E-state index in [1.54, 1.807) is 18.2 Å². The van der Waals surface area contributed by atoms with Crippen molar-refractivity contribution in [3.63, 3.8) is 0 Å². The molecule has 5 heteroatoms. The lowest BCUT2D eigenvalue weighted by Crippen LogP contribution is -2.33. The van der Waals surface area contributed by atoms with E-state index in [0.29, 0.717) is 17.8 Å². The molecular weight excluding hydrogens is 326 g/mol. The minimum absolute atomic E-state index is 0.0340. The van der Waals surface area contributed by atoms with E-state index in [0.717, 1.165) is 29.9 Å². The predicted molar refractivity (Wildman–Crippen MR) is 107 cm³/mol. The van der Waals surface area contributed by atoms with Gasteiger partial charge in [-0.25, -0.2) is 0 Å². The second kappa shape index (κ2) is 9.15. The lowest BCUT2D eigenvalue weighted by molar-refractivity contribution is -0.117. The molecule has 2 aromatic rings. The maximum Gasteiger partial charge on any atom is 0.255 e. The van der Waals surface area contributed by atoms with Gasteiger partial charge in [-0.1, -0.05) is 31.5 Å². The highest BCUT2D eigenvalue weighted by molar-refractivity contribution is 6.04. The van der Waals surface area contributed by atoms with Crippen molar-refractivity contribution in [3.8, 4) is 0 Å². The molecule has 0 atom stereocenters. The quantitative estimate of drug-likeness (QED) is 0.795. The van der Waals surface area contributed by atoms with Crippen LogP contribution in [-0.2, 0) is 4.79 Å². The van der Waals surface area contributed by atoms with Crippen LogP contribution in [0.2, 0.25) is 0 Å². The summed E-state index contributed by atoms with van der Waals surface area (Å²) in [4.78, 5) is 26.5. The fourth-order valence-electron chi connectivity index (χ4n) is 2.63. The van der Waals surface area contributed by atoms with E-state index in [-0.39, 0.29) is 11.8 Å². The number of aryl methyl sites for hydroxylation is 2. The van der Waals surface area contributed by atoms with Crippen LogP contribution < -0.4 is 10.6 Å². The largest absolute Gasteiger partial charge is 0.325 e. The minimum Gasteiger partial charge on any atom is -0.325 e. The van der Waals surface area contributed by atoms with E-state index in [1.165, 1.54) is 0 Å². The summed E-state index contributed by atoms with van der Waals surface area (Å²) in [5.41, 5.74) is 4.09. The molecule has 0 fully saturated rings. The molecule has 5 nitrogen and oxygen atoms in total. The van der Waals surface area contributed by atoms with Gasteiger partial charge in [0.05, 0.1) is 6.54 Å². The lowest BCUT2D eigenvalue weighted by atomic mass is 10.1. The number of nitrogens with one attached hydrogen (secondary N) is 2. The van der Waals surface area contributed by atoms with E-state index < -0.39 is 0 Å². The number of rotatable bonds is 7. The van der Waals surface area contributed by atoms with Gasteiger partial charge in [-0.05, 0) is 62.8 Å². The van der Waals surface area contributed by atoms with E-state index in [2.05, 4.69) is 15.5 Å². The van der Waals surface area contributed by atoms with E-state index >= 15 is 0 Å². The summed E-state index contributed by atoms with van der Waals surface area (Å²) in [5.74, 6) is -0.184. The van der Waals surface area contributed by atoms with Crippen LogP contribution in [0.25, 0.3) is 0 Å². The number of hydrogen-bond donors (Lipinski definition) is 2. The Morgan fingerprint density at radius 2 is 1.58 bits per heavy atom. The first-order valence-electron chi connectivity index (χ1n) is 8.93. The van der Waals surface area contributed by atoms with Crippen molar-refractivity contribution >= 4 is 23.2 Å². The van der Waals surface area contributed by atoms with Gasteiger partial charge in [-0.3, -0.25) is 14.5 Å². The SMILES string of the molecule is CCN(CC)CC(=O)Nc1ccc(NC(=O)c2ccc(C)cc2)cc1C. The predicted octanol–water partition coefficient (Wildman–Crippen LogP) is 3.84. The Bertz CT molecular complexity index is 765. The average Bonchev–Trinajstić information content (AvgIpc) is 2.62. The van der Waals surface area contributed by atoms with Gasteiger partial charge in [0.15, 0.2) is 0 Å². The number of carbonyl (C=O) groups excluding carboxylic acids is 2. The van der Waals surface area contributed by atoms with E-state index in [9.17, 15) is 9.59 Å². The van der Waals surface area contributed by atoms with Crippen molar-refractivity contribution < 1.29 is 9.59 Å². The summed E-state index contributed by atoms with van der Waals surface area (Å²) >= 11 is 0. The lowest BCUT2D eigenvalue weighted by Gasteiger charge is -2.18. The number of carbonyl (C=O) groups is 2. The van der Waals surface area contributed by atoms with E-state index in [4.69, 9.17) is 0 Å². The number of hydrogen-bond acceptors (Lipinski definition) is 3. The summed E-state index contributed by atoms with van der Waals surface area (Å²) < 4.78 is 0. The normalized spacial score (nSPS) is 10.7. The first-order chi connectivity index (χ1) is 12.4. The number of nitrogens with zero attached hydrogens (tertiary/aromatic N) is 1. The molecule has 0 bridgehead atoms. The molecule has 0 aromatic heterocycles. The Hall–Kier alpha value is -2.66. The molecule has 0 heterocycles. The maximum absolute atomic E-state index is 12.3. The average molecular weight is 353 g/mol. The van der Waals surface area contributed by atoms with Crippen LogP contribution >= 0.6 is 0 Å². The van der Waals surface area contributed by atoms with Gasteiger partial charge in [-0.15, -0.1) is 0 Å². The van der Waals surface area contributed by atoms with Crippen LogP contribution in [0.3, 0.4) is 0 Å². The van der Waals surface area contributed by atoms with Crippen LogP contribution in [0.5, 0.6) is 0 Å². The molecule has 2 amide bonds. The third kappa shape index (κ3) is 5.43. The number of amides is 2. The van der Waals surface area contributed by atoms with Gasteiger partial charge in [0, 0.05) is 16.9 Å². The molecule has 0 saturated carbocycles. The van der Waals surface area contributed by atoms with Gasteiger partial charge in [0.2, 0.25) is 5.91 Å². The molecule has 0 radical (unpaired) electrons. The highest BCUT2D eigenvalue weighted by atomic mass is 16.2. The Balaban J connectivity index is 2.01. The van der Waals surface area contributed by atoms with Gasteiger partial charge in [0.25, 0.3) is 5.91 Å². The van der Waals surface area contributed by atoms with Gasteiger partial charge in [-0.2, -0.15) is 0 Å². The summed E-state index contributed by atoms with van der Waals surface area (Å²) in [7, 11) is 0. The number of likely N-dealkylation sites (N-methyl/N-ethyl adjacent to an activating group) is 1. The number of benzene rings is 2. The van der Waals surface area contributed by atoms with Gasteiger partial charge in [0.1, 0.15) is 0 Å². The summed E-state index contributed by atoms with van der Waals surface area (Å²) in [5, 5.41) is 5.82. The molecule has 2 aromatic carbocycles. The Kier molecular flexibility index (Phi) is 6.92. The molecule has 2 N–H and O–H groups in total. The van der Waals surface area contributed by atoms with Crippen molar-refractivity contribution in [2.45, 2.75) is 27.7 Å². The fraction of sp³-hybridized carbons (Fsp3) is 0.333. The van der Waals surface area contributed by atoms with E-state index in [1.807, 2.05) is 52.0 Å². The van der Waals surface area contributed by atoms with Crippen LogP contribution in [0, 0.1) is 13.8 Å². The molecule has 0 aliphatic heterocycles. The molecule has 0 unspecified atom stereocenters. The first-order valence-corrected chi connectivity index (χ1v) is 8.93. The zero-order valence-corrected chi connectivity index (χ0v) is 15.9. The molecule has 0 aliphatic rings. The molecule has 2 rings (SSSR count). The van der Waals surface area contributed by atoms with Crippen molar-refractivity contribution in [1.82, 2.24) is 4.90 Å². The Morgan fingerprint density at radius 1 is 0.923 bits per heavy atom. The van der Waals surface area contributed by atoms with Crippen molar-refractivity contribution in [1.29, 1.82) is 0 Å². The second-order valence-electron chi connectivity index (χ2n) is 6.36. The van der Waals surface area contributed by atoms with Crippen LogP contribution in [0.1, 0.15) is 35.3 Å². The summed E-state index contributed by atoms with van der Waals surface area (Å²) in [6.45, 7) is 10.0. The molecule has 0 spiro atoms. The van der Waals surface area contributed by atoms with Gasteiger partial charge < -0.3 is 10.6 Å². The second-order valence-corrected chi connectivity index (χ2v) is 6.36. The summed E-state index contributed by atoms with van der Waals surface area (Å²) in [6.07, 6.45) is 0. The number of anilines is 2. The van der Waals surface area contributed by atoms with Crippen LogP contribution in [0.15, 0.2) is 42.5 Å². The highest BCUT2D eigenvalue weighted by Gasteiger charge is 2.10. The third-order valence-corrected chi connectivity index (χ3v) is 4.33. The summed E-state index contributed by atoms with van der Waals surface area (Å²) in [6, 6.07) is 12.9. The Labute approximate surface area is 155 Å². The zero-order chi connectivity index (χ0) is 19.1. The van der Waals surface area contributed by atoms with Crippen molar-refractivity contribution in [3.05, 3.63) is 59.2 Å². The van der Waals surface area contributed by atoms with Crippen molar-refractivity contribution in [2.75, 3.05) is 30.3 Å². The Morgan fingerprint density at radius 3 is 2.15 bits per heavy atom. The van der Waals surface area contributed by atoms with Gasteiger partial charge >= 0.3 is 0 Å². The third-order valence-electron chi connectivity index (χ3n) is 4.33. The maximum atomic E-state index is 12.3. The smallest absolute Gasteiger partial charge is 0.255 e. The zero-order valence-electron chi connectivity index (χ0n) is 15.9. The van der Waals surface area contributed by atoms with Crippen LogP contribution in [0.4, 0.5) is 11.4 Å². The fourth-order valence-corrected chi connectivity index (χ4v) is 2.63. The first kappa shape index (κ1) is 19.7. The molecule has 0 aliphatic carbocycles. The highest BCUT2D eigenvalue weighted by Crippen LogP contribution is 2.20. The molecule has 138 valence electrons. The molecule has 0 saturated heterocycles. The molecular formula is C21H27N3O2. The molecule has 26 heavy (non-hydrogen) atoms. The topological polar surface area (TPSA) is 61.4 Å². The minimum atomic E-state index is -0.150. The standard InChI is InChI=1S/C21H27N3O2/c1-5-24(6-2)14-20(25)23-19-12-11-18(13-16(19)4)22-21(26)17-9-7-15(3)8-10-17/h7-13H,5-6,14H2,1-4H3,(H,22,26)(H,23,25). The van der Waals surface area contributed by atoms with Crippen molar-refractivity contribution in [2.24, 2.45) is 0 Å². The monoisotopic (exact) mass is 353 g/mol. The van der Waals surface area contributed by atoms with Crippen LogP contribution in [-0.4, -0.2) is 36.3 Å².